The van der Waals surface area contributed by atoms with Gasteiger partial charge in [0.15, 0.2) is 0 Å². The van der Waals surface area contributed by atoms with Crippen molar-refractivity contribution in [1.29, 1.82) is 0 Å². The largest absolute Gasteiger partial charge is 0.308 e. The third-order valence-corrected chi connectivity index (χ3v) is 3.44. The number of alkyl halides is 1. The zero-order valence-electron chi connectivity index (χ0n) is 8.96. The molecule has 1 saturated heterocycles. The molecule has 78 valence electrons. The Labute approximate surface area is 86.8 Å². The number of likely N-dealkylation sites (tertiary alicyclic amines) is 1. The first kappa shape index (κ1) is 11.3. The molecule has 0 aromatic carbocycles. The van der Waals surface area contributed by atoms with E-state index in [1.54, 1.807) is 0 Å². The Kier molecular flexibility index (Phi) is 4.50. The summed E-state index contributed by atoms with van der Waals surface area (Å²) < 4.78 is 0. The van der Waals surface area contributed by atoms with Gasteiger partial charge >= 0.3 is 0 Å². The van der Waals surface area contributed by atoms with Crippen molar-refractivity contribution in [2.24, 2.45) is 0 Å². The highest BCUT2D eigenvalue weighted by molar-refractivity contribution is 6.21. The Hall–Kier alpha value is 0.210. The number of piperidine rings is 1. The summed E-state index contributed by atoms with van der Waals surface area (Å²) in [6.45, 7) is 5.75. The van der Waals surface area contributed by atoms with E-state index in [9.17, 15) is 0 Å². The summed E-state index contributed by atoms with van der Waals surface area (Å²) in [5.41, 5.74) is 0. The number of nitrogens with zero attached hydrogens (tertiary/aromatic N) is 2. The Balaban J connectivity index is 2.31. The van der Waals surface area contributed by atoms with Gasteiger partial charge in [-0.3, -0.25) is 4.90 Å². The smallest absolute Gasteiger partial charge is 0.0489 e. The summed E-state index contributed by atoms with van der Waals surface area (Å²) in [4.78, 5) is 4.73. The van der Waals surface area contributed by atoms with Crippen molar-refractivity contribution >= 4 is 11.6 Å². The Morgan fingerprint density at radius 2 is 2.15 bits per heavy atom. The first-order valence-electron chi connectivity index (χ1n) is 5.14. The minimum Gasteiger partial charge on any atom is -0.308 e. The molecule has 0 amide bonds. The van der Waals surface area contributed by atoms with Crippen LogP contribution in [0, 0.1) is 0 Å². The minimum atomic E-state index is 0.357. The van der Waals surface area contributed by atoms with Crippen molar-refractivity contribution in [2.45, 2.75) is 31.2 Å². The second-order valence-corrected chi connectivity index (χ2v) is 4.80. The SMILES string of the molecule is CC1C(Cl)CCCN1CCN(C)C. The molecular weight excluding hydrogens is 184 g/mol. The summed E-state index contributed by atoms with van der Waals surface area (Å²) in [6, 6.07) is 0.551. The van der Waals surface area contributed by atoms with Crippen LogP contribution in [0.5, 0.6) is 0 Å². The fourth-order valence-corrected chi connectivity index (χ4v) is 2.12. The van der Waals surface area contributed by atoms with Gasteiger partial charge in [0.1, 0.15) is 0 Å². The Morgan fingerprint density at radius 3 is 2.77 bits per heavy atom. The fourth-order valence-electron chi connectivity index (χ4n) is 1.81. The molecule has 0 saturated carbocycles. The van der Waals surface area contributed by atoms with Crippen molar-refractivity contribution in [3.8, 4) is 0 Å². The van der Waals surface area contributed by atoms with E-state index in [2.05, 4.69) is 30.8 Å². The molecule has 2 nitrogen and oxygen atoms in total. The average molecular weight is 205 g/mol. The maximum atomic E-state index is 6.22. The van der Waals surface area contributed by atoms with Gasteiger partial charge in [0.2, 0.25) is 0 Å². The topological polar surface area (TPSA) is 6.48 Å². The summed E-state index contributed by atoms with van der Waals surface area (Å²) in [6.07, 6.45) is 2.44. The first-order valence-corrected chi connectivity index (χ1v) is 5.57. The van der Waals surface area contributed by atoms with Crippen LogP contribution in [0.4, 0.5) is 0 Å². The number of hydrogen-bond acceptors (Lipinski definition) is 2. The van der Waals surface area contributed by atoms with Crippen molar-refractivity contribution in [2.75, 3.05) is 33.7 Å². The third kappa shape index (κ3) is 3.45. The van der Waals surface area contributed by atoms with Crippen molar-refractivity contribution < 1.29 is 0 Å². The van der Waals surface area contributed by atoms with Crippen LogP contribution < -0.4 is 0 Å². The molecule has 3 heteroatoms. The van der Waals surface area contributed by atoms with Gasteiger partial charge < -0.3 is 4.90 Å². The third-order valence-electron chi connectivity index (χ3n) is 2.86. The average Bonchev–Trinajstić information content (AvgIpc) is 2.07. The Morgan fingerprint density at radius 1 is 1.46 bits per heavy atom. The maximum absolute atomic E-state index is 6.22. The molecule has 1 rings (SSSR count). The zero-order chi connectivity index (χ0) is 9.84. The molecule has 0 aliphatic carbocycles. The van der Waals surface area contributed by atoms with Crippen molar-refractivity contribution in [3.63, 3.8) is 0 Å². The van der Waals surface area contributed by atoms with Crippen molar-refractivity contribution in [1.82, 2.24) is 9.80 Å². The molecule has 2 atom stereocenters. The van der Waals surface area contributed by atoms with E-state index >= 15 is 0 Å². The van der Waals surface area contributed by atoms with Gasteiger partial charge in [-0.1, -0.05) is 0 Å². The second-order valence-electron chi connectivity index (χ2n) is 4.24. The number of halogens is 1. The van der Waals surface area contributed by atoms with Gasteiger partial charge in [-0.15, -0.1) is 11.6 Å². The highest BCUT2D eigenvalue weighted by Gasteiger charge is 2.25. The molecule has 0 spiro atoms. The highest BCUT2D eigenvalue weighted by atomic mass is 35.5. The lowest BCUT2D eigenvalue weighted by Crippen LogP contribution is -2.46. The van der Waals surface area contributed by atoms with Crippen LogP contribution in [0.1, 0.15) is 19.8 Å². The van der Waals surface area contributed by atoms with E-state index in [0.717, 1.165) is 13.1 Å². The summed E-state index contributed by atoms with van der Waals surface area (Å²) in [7, 11) is 4.24. The van der Waals surface area contributed by atoms with E-state index in [1.807, 2.05) is 0 Å². The first-order chi connectivity index (χ1) is 6.11. The molecule has 1 aliphatic rings. The normalized spacial score (nSPS) is 31.2. The second kappa shape index (κ2) is 5.18. The predicted octanol–water partition coefficient (Wildman–Crippen LogP) is 1.64. The van der Waals surface area contributed by atoms with Gasteiger partial charge in [0.25, 0.3) is 0 Å². The lowest BCUT2D eigenvalue weighted by atomic mass is 10.0. The molecule has 0 aromatic rings. The molecule has 0 aromatic heterocycles. The standard InChI is InChI=1S/C10H21ClN2/c1-9-10(11)5-4-6-13(9)8-7-12(2)3/h9-10H,4-8H2,1-3H3. The van der Waals surface area contributed by atoms with Crippen molar-refractivity contribution in [3.05, 3.63) is 0 Å². The Bertz CT molecular complexity index is 150. The molecular formula is C10H21ClN2. The molecule has 0 radical (unpaired) electrons. The van der Waals surface area contributed by atoms with Crippen LogP contribution in [0.3, 0.4) is 0 Å². The molecule has 0 N–H and O–H groups in total. The summed E-state index contributed by atoms with van der Waals surface area (Å²) >= 11 is 6.22. The molecule has 2 unspecified atom stereocenters. The molecule has 0 bridgehead atoms. The van der Waals surface area contributed by atoms with E-state index in [4.69, 9.17) is 11.6 Å². The van der Waals surface area contributed by atoms with Gasteiger partial charge in [-0.25, -0.2) is 0 Å². The number of hydrogen-bond donors (Lipinski definition) is 0. The van der Waals surface area contributed by atoms with Crippen LogP contribution in [-0.4, -0.2) is 54.9 Å². The van der Waals surface area contributed by atoms with Gasteiger partial charge in [0, 0.05) is 24.5 Å². The quantitative estimate of drug-likeness (QED) is 0.645. The number of likely N-dealkylation sites (N-methyl/N-ethyl adjacent to an activating group) is 1. The molecule has 1 heterocycles. The number of rotatable bonds is 3. The monoisotopic (exact) mass is 204 g/mol. The fraction of sp³-hybridized carbons (Fsp3) is 1.00. The predicted molar refractivity (Wildman–Crippen MR) is 58.5 cm³/mol. The van der Waals surface area contributed by atoms with E-state index in [0.29, 0.717) is 11.4 Å². The zero-order valence-corrected chi connectivity index (χ0v) is 9.72. The van der Waals surface area contributed by atoms with E-state index < -0.39 is 0 Å². The van der Waals surface area contributed by atoms with Gasteiger partial charge in [-0.05, 0) is 40.4 Å². The summed E-state index contributed by atoms with van der Waals surface area (Å²) in [5, 5.41) is 0.357. The molecule has 13 heavy (non-hydrogen) atoms. The molecule has 1 aliphatic heterocycles. The summed E-state index contributed by atoms with van der Waals surface area (Å²) in [5.74, 6) is 0. The minimum absolute atomic E-state index is 0.357. The van der Waals surface area contributed by atoms with E-state index in [1.165, 1.54) is 19.4 Å². The van der Waals surface area contributed by atoms with Crippen LogP contribution in [0.2, 0.25) is 0 Å². The highest BCUT2D eigenvalue weighted by Crippen LogP contribution is 2.21. The lowest BCUT2D eigenvalue weighted by molar-refractivity contribution is 0.151. The lowest BCUT2D eigenvalue weighted by Gasteiger charge is -2.37. The maximum Gasteiger partial charge on any atom is 0.0489 e. The van der Waals surface area contributed by atoms with Crippen LogP contribution in [0.25, 0.3) is 0 Å². The van der Waals surface area contributed by atoms with Crippen LogP contribution in [0.15, 0.2) is 0 Å². The van der Waals surface area contributed by atoms with Gasteiger partial charge in [-0.2, -0.15) is 0 Å². The van der Waals surface area contributed by atoms with Gasteiger partial charge in [0.05, 0.1) is 0 Å². The van der Waals surface area contributed by atoms with Crippen LogP contribution in [-0.2, 0) is 0 Å². The molecule has 1 fully saturated rings. The van der Waals surface area contributed by atoms with Crippen LogP contribution >= 0.6 is 11.6 Å². The van der Waals surface area contributed by atoms with E-state index in [-0.39, 0.29) is 0 Å².